The van der Waals surface area contributed by atoms with Crippen LogP contribution in [0.1, 0.15) is 22.8 Å². The van der Waals surface area contributed by atoms with Gasteiger partial charge in [-0.05, 0) is 17.2 Å². The lowest BCUT2D eigenvalue weighted by Crippen LogP contribution is -2.50. The van der Waals surface area contributed by atoms with Gasteiger partial charge in [-0.3, -0.25) is 0 Å². The predicted molar refractivity (Wildman–Crippen MR) is 133 cm³/mol. The number of hydrogen-bond donors (Lipinski definition) is 2. The molecule has 35 heavy (non-hydrogen) atoms. The number of aliphatic hydroxyl groups excluding tert-OH is 1. The van der Waals surface area contributed by atoms with Crippen molar-refractivity contribution in [1.82, 2.24) is 0 Å². The summed E-state index contributed by atoms with van der Waals surface area (Å²) in [5.41, 5.74) is 1.07. The van der Waals surface area contributed by atoms with E-state index in [-0.39, 0.29) is 19.8 Å². The van der Waals surface area contributed by atoms with Crippen LogP contribution in [0.3, 0.4) is 0 Å². The van der Waals surface area contributed by atoms with Gasteiger partial charge in [-0.2, -0.15) is 0 Å². The highest BCUT2D eigenvalue weighted by Gasteiger charge is 2.53. The molecular weight excluding hydrogens is 444 g/mol. The number of para-hydroxylation sites is 1. The first-order valence-electron chi connectivity index (χ1n) is 11.7. The second kappa shape index (κ2) is 12.1. The van der Waals surface area contributed by atoms with Gasteiger partial charge in [-0.25, -0.2) is 0 Å². The van der Waals surface area contributed by atoms with Crippen molar-refractivity contribution in [2.24, 2.45) is 0 Å². The minimum absolute atomic E-state index is 0.000812. The molecule has 4 unspecified atom stereocenters. The van der Waals surface area contributed by atoms with Crippen molar-refractivity contribution in [3.63, 3.8) is 0 Å². The van der Waals surface area contributed by atoms with E-state index in [1.165, 1.54) is 0 Å². The molecule has 1 heterocycles. The quantitative estimate of drug-likeness (QED) is 0.381. The van der Waals surface area contributed by atoms with Gasteiger partial charge in [0.25, 0.3) is 0 Å². The highest BCUT2D eigenvalue weighted by molar-refractivity contribution is 5.36. The van der Waals surface area contributed by atoms with Crippen molar-refractivity contribution in [1.29, 1.82) is 0 Å². The summed E-state index contributed by atoms with van der Waals surface area (Å²) in [4.78, 5) is 0. The summed E-state index contributed by atoms with van der Waals surface area (Å²) in [6, 6.07) is 26.7. The maximum absolute atomic E-state index is 11.6. The molecule has 6 nitrogen and oxygen atoms in total. The molecule has 0 bridgehead atoms. The molecule has 0 amide bonds. The number of benzene rings is 3. The van der Waals surface area contributed by atoms with Gasteiger partial charge in [0.05, 0.1) is 26.4 Å². The fourth-order valence-corrected chi connectivity index (χ4v) is 4.21. The van der Waals surface area contributed by atoms with Crippen LogP contribution in [0.25, 0.3) is 0 Å². The zero-order chi connectivity index (χ0) is 24.5. The van der Waals surface area contributed by atoms with Crippen LogP contribution in [0.4, 0.5) is 0 Å². The van der Waals surface area contributed by atoms with Crippen LogP contribution in [0.15, 0.2) is 97.6 Å². The monoisotopic (exact) mass is 476 g/mol. The number of hydrogen-bond acceptors (Lipinski definition) is 6. The fraction of sp³-hybridized carbons (Fsp3) is 0.310. The Kier molecular flexibility index (Phi) is 8.69. The molecule has 1 fully saturated rings. The Balaban J connectivity index is 1.52. The van der Waals surface area contributed by atoms with Crippen molar-refractivity contribution in [3.05, 3.63) is 114 Å². The maximum atomic E-state index is 11.6. The minimum Gasteiger partial charge on any atom is -0.489 e. The molecule has 4 rings (SSSR count). The highest BCUT2D eigenvalue weighted by Crippen LogP contribution is 2.38. The second-order valence-corrected chi connectivity index (χ2v) is 8.66. The van der Waals surface area contributed by atoms with Gasteiger partial charge in [-0.1, -0.05) is 91.5 Å². The van der Waals surface area contributed by atoms with Gasteiger partial charge < -0.3 is 29.2 Å². The normalized spacial score (nSPS) is 22.6. The van der Waals surface area contributed by atoms with Crippen LogP contribution in [0.5, 0.6) is 5.75 Å². The van der Waals surface area contributed by atoms with E-state index in [2.05, 4.69) is 6.58 Å². The summed E-state index contributed by atoms with van der Waals surface area (Å²) in [6.45, 7) is 4.56. The van der Waals surface area contributed by atoms with Crippen LogP contribution in [0.2, 0.25) is 0 Å². The van der Waals surface area contributed by atoms with Gasteiger partial charge in [0.2, 0.25) is 0 Å². The molecular formula is C29H32O6. The van der Waals surface area contributed by atoms with E-state index < -0.39 is 23.9 Å². The topological polar surface area (TPSA) is 77.4 Å². The minimum atomic E-state index is -1.44. The van der Waals surface area contributed by atoms with E-state index in [0.717, 1.165) is 11.1 Å². The van der Waals surface area contributed by atoms with E-state index in [1.807, 2.05) is 72.8 Å². The van der Waals surface area contributed by atoms with Crippen molar-refractivity contribution in [2.75, 3.05) is 19.8 Å². The summed E-state index contributed by atoms with van der Waals surface area (Å²) in [5, 5.41) is 22.9. The van der Waals surface area contributed by atoms with Gasteiger partial charge in [0, 0.05) is 5.56 Å². The Morgan fingerprint density at radius 3 is 2.26 bits per heavy atom. The van der Waals surface area contributed by atoms with E-state index in [0.29, 0.717) is 24.5 Å². The van der Waals surface area contributed by atoms with Gasteiger partial charge >= 0.3 is 0 Å². The Labute approximate surface area is 206 Å². The highest BCUT2D eigenvalue weighted by atomic mass is 16.6. The van der Waals surface area contributed by atoms with Crippen LogP contribution < -0.4 is 4.74 Å². The third-order valence-electron chi connectivity index (χ3n) is 6.00. The molecule has 0 aromatic heterocycles. The van der Waals surface area contributed by atoms with Crippen LogP contribution in [0, 0.1) is 0 Å². The Morgan fingerprint density at radius 2 is 1.57 bits per heavy atom. The maximum Gasteiger partial charge on any atom is 0.140 e. The summed E-state index contributed by atoms with van der Waals surface area (Å²) >= 11 is 0. The lowest BCUT2D eigenvalue weighted by atomic mass is 9.91. The van der Waals surface area contributed by atoms with E-state index in [9.17, 15) is 10.2 Å². The van der Waals surface area contributed by atoms with E-state index in [4.69, 9.17) is 18.9 Å². The Hall–Kier alpha value is -3.00. The van der Waals surface area contributed by atoms with E-state index in [1.54, 1.807) is 18.2 Å². The van der Waals surface area contributed by atoms with Crippen molar-refractivity contribution < 1.29 is 29.2 Å². The summed E-state index contributed by atoms with van der Waals surface area (Å²) in [6.07, 6.45) is -1.09. The lowest BCUT2D eigenvalue weighted by molar-refractivity contribution is -0.141. The standard InChI is InChI=1S/C29H32O6/c1-2-17-33-25-16-10-9-15-24(25)26(30)27-28(34-19-23-13-7-4-8-14-23)29(31,21-35-27)20-32-18-22-11-5-3-6-12-22/h2-16,26-28,30-31H,1,17-21H2. The zero-order valence-corrected chi connectivity index (χ0v) is 19.7. The fourth-order valence-electron chi connectivity index (χ4n) is 4.21. The predicted octanol–water partition coefficient (Wildman–Crippen LogP) is 4.22. The third kappa shape index (κ3) is 6.36. The molecule has 4 atom stereocenters. The molecule has 184 valence electrons. The van der Waals surface area contributed by atoms with Gasteiger partial charge in [-0.15, -0.1) is 0 Å². The van der Waals surface area contributed by atoms with Crippen LogP contribution in [-0.2, 0) is 27.4 Å². The Morgan fingerprint density at radius 1 is 0.943 bits per heavy atom. The Bertz CT molecular complexity index is 1060. The molecule has 0 aliphatic carbocycles. The molecule has 1 aliphatic heterocycles. The molecule has 6 heteroatoms. The summed E-state index contributed by atoms with van der Waals surface area (Å²) in [7, 11) is 0. The molecule has 3 aromatic rings. The van der Waals surface area contributed by atoms with E-state index >= 15 is 0 Å². The van der Waals surface area contributed by atoms with Gasteiger partial charge in [0.15, 0.2) is 0 Å². The number of rotatable bonds is 12. The molecule has 1 saturated heterocycles. The lowest BCUT2D eigenvalue weighted by Gasteiger charge is -2.32. The van der Waals surface area contributed by atoms with Crippen molar-refractivity contribution in [2.45, 2.75) is 37.1 Å². The zero-order valence-electron chi connectivity index (χ0n) is 19.7. The largest absolute Gasteiger partial charge is 0.489 e. The SMILES string of the molecule is C=CCOc1ccccc1C(O)C1OCC(O)(COCc2ccccc2)C1OCc1ccccc1. The number of ether oxygens (including phenoxy) is 4. The van der Waals surface area contributed by atoms with Crippen LogP contribution in [-0.4, -0.2) is 47.8 Å². The molecule has 0 radical (unpaired) electrons. The first-order chi connectivity index (χ1) is 17.1. The average molecular weight is 477 g/mol. The van der Waals surface area contributed by atoms with Gasteiger partial charge in [0.1, 0.15) is 36.3 Å². The number of aliphatic hydroxyl groups is 2. The van der Waals surface area contributed by atoms with Crippen LogP contribution >= 0.6 is 0 Å². The summed E-state index contributed by atoms with van der Waals surface area (Å²) in [5.74, 6) is 0.529. The molecule has 0 spiro atoms. The molecule has 1 aliphatic rings. The van der Waals surface area contributed by atoms with Crippen molar-refractivity contribution >= 4 is 0 Å². The second-order valence-electron chi connectivity index (χ2n) is 8.66. The smallest absolute Gasteiger partial charge is 0.140 e. The molecule has 3 aromatic carbocycles. The average Bonchev–Trinajstić information content (AvgIpc) is 3.23. The van der Waals surface area contributed by atoms with Crippen molar-refractivity contribution in [3.8, 4) is 5.75 Å². The first-order valence-corrected chi connectivity index (χ1v) is 11.7. The third-order valence-corrected chi connectivity index (χ3v) is 6.00. The molecule has 0 saturated carbocycles. The first kappa shape index (κ1) is 25.1. The summed E-state index contributed by atoms with van der Waals surface area (Å²) < 4.78 is 23.8. The molecule has 2 N–H and O–H groups in total.